The van der Waals surface area contributed by atoms with Crippen molar-refractivity contribution in [2.45, 2.75) is 39.3 Å². The quantitative estimate of drug-likeness (QED) is 0.926. The van der Waals surface area contributed by atoms with E-state index in [1.165, 1.54) is 6.39 Å². The molecule has 3 rings (SSSR count). The van der Waals surface area contributed by atoms with Crippen LogP contribution < -0.4 is 5.32 Å². The summed E-state index contributed by atoms with van der Waals surface area (Å²) in [6.45, 7) is 5.05. The Morgan fingerprint density at radius 3 is 2.91 bits per heavy atom. The van der Waals surface area contributed by atoms with Gasteiger partial charge in [-0.2, -0.15) is 0 Å². The first-order chi connectivity index (χ1) is 11.1. The Morgan fingerprint density at radius 2 is 2.26 bits per heavy atom. The highest BCUT2D eigenvalue weighted by Crippen LogP contribution is 2.31. The summed E-state index contributed by atoms with van der Waals surface area (Å²) in [6, 6.07) is 0.289. The van der Waals surface area contributed by atoms with E-state index >= 15 is 0 Å². The van der Waals surface area contributed by atoms with E-state index in [-0.39, 0.29) is 11.9 Å². The van der Waals surface area contributed by atoms with Gasteiger partial charge in [0.25, 0.3) is 5.91 Å². The molecule has 1 amide bonds. The second-order valence-corrected chi connectivity index (χ2v) is 5.91. The van der Waals surface area contributed by atoms with Gasteiger partial charge >= 0.3 is 0 Å². The van der Waals surface area contributed by atoms with Gasteiger partial charge < -0.3 is 9.73 Å². The van der Waals surface area contributed by atoms with Gasteiger partial charge in [-0.15, -0.1) is 0 Å². The second kappa shape index (κ2) is 6.45. The molecule has 2 aromatic rings. The van der Waals surface area contributed by atoms with Crippen molar-refractivity contribution in [3.05, 3.63) is 41.1 Å². The Hall–Kier alpha value is -2.28. The number of nitrogens with one attached hydrogen (secondary N) is 1. The second-order valence-electron chi connectivity index (χ2n) is 5.91. The summed E-state index contributed by atoms with van der Waals surface area (Å²) in [6.07, 6.45) is 5.32. The molecule has 7 heteroatoms. The molecule has 3 heterocycles. The number of likely N-dealkylation sites (tertiary alicyclic amines) is 1. The number of oxazole rings is 1. The van der Waals surface area contributed by atoms with E-state index in [4.69, 9.17) is 4.42 Å². The van der Waals surface area contributed by atoms with E-state index in [1.54, 1.807) is 13.1 Å². The molecule has 1 aliphatic rings. The summed E-state index contributed by atoms with van der Waals surface area (Å²) >= 11 is 0. The predicted octanol–water partition coefficient (Wildman–Crippen LogP) is 1.78. The highest BCUT2D eigenvalue weighted by molar-refractivity contribution is 5.92. The number of aromatic nitrogens is 3. The minimum Gasteiger partial charge on any atom is -0.448 e. The summed E-state index contributed by atoms with van der Waals surface area (Å²) in [5.41, 5.74) is 2.27. The van der Waals surface area contributed by atoms with Crippen LogP contribution in [0.3, 0.4) is 0 Å². The van der Waals surface area contributed by atoms with Crippen molar-refractivity contribution in [3.8, 4) is 0 Å². The number of carbonyl (C=O) groups excluding carboxylic acids is 1. The molecular formula is C16H21N5O2. The van der Waals surface area contributed by atoms with Crippen molar-refractivity contribution < 1.29 is 9.21 Å². The molecule has 1 fully saturated rings. The van der Waals surface area contributed by atoms with Gasteiger partial charge in [0.2, 0.25) is 0 Å². The van der Waals surface area contributed by atoms with Gasteiger partial charge in [0, 0.05) is 18.3 Å². The molecule has 1 atom stereocenters. The van der Waals surface area contributed by atoms with E-state index in [0.717, 1.165) is 36.5 Å². The van der Waals surface area contributed by atoms with Gasteiger partial charge in [-0.25, -0.2) is 15.0 Å². The third-order valence-corrected chi connectivity index (χ3v) is 4.25. The summed E-state index contributed by atoms with van der Waals surface area (Å²) in [7, 11) is 2.11. The molecule has 0 saturated carbocycles. The van der Waals surface area contributed by atoms with Crippen LogP contribution >= 0.6 is 0 Å². The number of carbonyl (C=O) groups is 1. The van der Waals surface area contributed by atoms with Crippen LogP contribution in [0.5, 0.6) is 0 Å². The van der Waals surface area contributed by atoms with Crippen LogP contribution in [-0.2, 0) is 6.54 Å². The summed E-state index contributed by atoms with van der Waals surface area (Å²) in [5.74, 6) is 1.02. The van der Waals surface area contributed by atoms with Gasteiger partial charge in [-0.3, -0.25) is 9.69 Å². The van der Waals surface area contributed by atoms with Crippen LogP contribution in [0.25, 0.3) is 0 Å². The SMILES string of the molecule is Cc1ncc(CNC(=O)c2ncoc2C)c([C@H]2CCCN2C)n1. The third kappa shape index (κ3) is 3.24. The maximum absolute atomic E-state index is 12.2. The fraction of sp³-hybridized carbons (Fsp3) is 0.500. The van der Waals surface area contributed by atoms with Gasteiger partial charge in [0.05, 0.1) is 11.7 Å². The van der Waals surface area contributed by atoms with Crippen molar-refractivity contribution in [1.29, 1.82) is 0 Å². The average Bonchev–Trinajstić information content (AvgIpc) is 3.14. The molecule has 122 valence electrons. The van der Waals surface area contributed by atoms with E-state index in [2.05, 4.69) is 32.2 Å². The fourth-order valence-corrected chi connectivity index (χ4v) is 2.98. The van der Waals surface area contributed by atoms with Crippen LogP contribution in [0.4, 0.5) is 0 Å². The van der Waals surface area contributed by atoms with Crippen LogP contribution in [-0.4, -0.2) is 39.4 Å². The third-order valence-electron chi connectivity index (χ3n) is 4.25. The lowest BCUT2D eigenvalue weighted by molar-refractivity contribution is 0.0944. The molecule has 7 nitrogen and oxygen atoms in total. The standard InChI is InChI=1S/C16H21N5O2/c1-10-14(19-9-23-10)16(22)18-8-12-7-17-11(2)20-15(12)13-5-4-6-21(13)3/h7,9,13H,4-6,8H2,1-3H3,(H,18,22)/t13-/m1/s1. The van der Waals surface area contributed by atoms with Gasteiger partial charge in [-0.05, 0) is 40.3 Å². The summed E-state index contributed by atoms with van der Waals surface area (Å²) < 4.78 is 5.07. The molecule has 1 saturated heterocycles. The van der Waals surface area contributed by atoms with Crippen molar-refractivity contribution >= 4 is 5.91 Å². The Kier molecular flexibility index (Phi) is 4.38. The molecular weight excluding hydrogens is 294 g/mol. The average molecular weight is 315 g/mol. The monoisotopic (exact) mass is 315 g/mol. The van der Waals surface area contributed by atoms with Crippen LogP contribution in [0, 0.1) is 13.8 Å². The fourth-order valence-electron chi connectivity index (χ4n) is 2.98. The molecule has 0 bridgehead atoms. The minimum atomic E-state index is -0.248. The van der Waals surface area contributed by atoms with Gasteiger partial charge in [-0.1, -0.05) is 0 Å². The first-order valence-electron chi connectivity index (χ1n) is 7.77. The van der Waals surface area contributed by atoms with Crippen molar-refractivity contribution in [3.63, 3.8) is 0 Å². The normalized spacial score (nSPS) is 18.3. The minimum absolute atomic E-state index is 0.248. The highest BCUT2D eigenvalue weighted by Gasteiger charge is 2.26. The smallest absolute Gasteiger partial charge is 0.273 e. The maximum Gasteiger partial charge on any atom is 0.273 e. The summed E-state index contributed by atoms with van der Waals surface area (Å²) in [4.78, 5) is 27.3. The molecule has 2 aromatic heterocycles. The number of rotatable bonds is 4. The predicted molar refractivity (Wildman–Crippen MR) is 83.8 cm³/mol. The topological polar surface area (TPSA) is 84.2 Å². The zero-order valence-electron chi connectivity index (χ0n) is 13.7. The molecule has 1 N–H and O–H groups in total. The number of aryl methyl sites for hydroxylation is 2. The zero-order valence-corrected chi connectivity index (χ0v) is 13.7. The number of hydrogen-bond acceptors (Lipinski definition) is 6. The van der Waals surface area contributed by atoms with Crippen molar-refractivity contribution in [1.82, 2.24) is 25.2 Å². The Balaban J connectivity index is 1.77. The highest BCUT2D eigenvalue weighted by atomic mass is 16.3. The molecule has 0 radical (unpaired) electrons. The van der Waals surface area contributed by atoms with Crippen molar-refractivity contribution in [2.75, 3.05) is 13.6 Å². The number of hydrogen-bond donors (Lipinski definition) is 1. The van der Waals surface area contributed by atoms with Crippen LogP contribution in [0.2, 0.25) is 0 Å². The molecule has 0 aromatic carbocycles. The van der Waals surface area contributed by atoms with E-state index < -0.39 is 0 Å². The Bertz CT molecular complexity index is 712. The first kappa shape index (κ1) is 15.6. The Morgan fingerprint density at radius 1 is 1.43 bits per heavy atom. The molecule has 1 aliphatic heterocycles. The van der Waals surface area contributed by atoms with Gasteiger partial charge in [0.1, 0.15) is 11.6 Å². The van der Waals surface area contributed by atoms with E-state index in [1.807, 2.05) is 6.92 Å². The van der Waals surface area contributed by atoms with Gasteiger partial charge in [0.15, 0.2) is 12.1 Å². The molecule has 23 heavy (non-hydrogen) atoms. The largest absolute Gasteiger partial charge is 0.448 e. The Labute approximate surface area is 135 Å². The number of amides is 1. The lowest BCUT2D eigenvalue weighted by Crippen LogP contribution is -2.27. The first-order valence-corrected chi connectivity index (χ1v) is 7.77. The van der Waals surface area contributed by atoms with E-state index in [9.17, 15) is 4.79 Å². The molecule has 0 spiro atoms. The summed E-state index contributed by atoms with van der Waals surface area (Å²) in [5, 5.41) is 2.88. The van der Waals surface area contributed by atoms with Crippen LogP contribution in [0.15, 0.2) is 17.0 Å². The van der Waals surface area contributed by atoms with Crippen LogP contribution in [0.1, 0.15) is 52.2 Å². The maximum atomic E-state index is 12.2. The number of nitrogens with zero attached hydrogens (tertiary/aromatic N) is 4. The lowest BCUT2D eigenvalue weighted by Gasteiger charge is -2.21. The molecule has 0 aliphatic carbocycles. The van der Waals surface area contributed by atoms with E-state index in [0.29, 0.717) is 18.0 Å². The van der Waals surface area contributed by atoms with Crippen molar-refractivity contribution in [2.24, 2.45) is 0 Å². The lowest BCUT2D eigenvalue weighted by atomic mass is 10.1. The zero-order chi connectivity index (χ0) is 16.4. The molecule has 0 unspecified atom stereocenters.